The van der Waals surface area contributed by atoms with Gasteiger partial charge in [-0.2, -0.15) is 0 Å². The van der Waals surface area contributed by atoms with Crippen molar-refractivity contribution in [1.82, 2.24) is 0 Å². The van der Waals surface area contributed by atoms with Crippen molar-refractivity contribution in [2.75, 3.05) is 39.6 Å². The molecule has 19 heteroatoms. The lowest BCUT2D eigenvalue weighted by Gasteiger charge is -2.21. The van der Waals surface area contributed by atoms with E-state index in [4.69, 9.17) is 37.0 Å². The summed E-state index contributed by atoms with van der Waals surface area (Å²) in [7, 11) is -9.87. The SMILES string of the molecule is CCCCCCCCCCCCCCC(=O)OC[C@H](COP(=O)(O)OC[C@@H](O)COP(=O)(O)OC[C@@H](COC(=O)CCCCCCC)OC(=O)CCCCCCCCCCC)OC(=O)CCCCCCCCCCCCCCCCC(C)C. The first kappa shape index (κ1) is 81.1. The summed E-state index contributed by atoms with van der Waals surface area (Å²) in [4.78, 5) is 71.9. The van der Waals surface area contributed by atoms with Crippen molar-refractivity contribution < 1.29 is 80.2 Å². The monoisotopic (exact) mass is 1230 g/mol. The maximum Gasteiger partial charge on any atom is 0.472 e. The summed E-state index contributed by atoms with van der Waals surface area (Å²) in [6.07, 6.45) is 42.0. The molecule has 0 aromatic rings. The highest BCUT2D eigenvalue weighted by molar-refractivity contribution is 7.47. The number of hydrogen-bond acceptors (Lipinski definition) is 15. The normalized spacial score (nSPS) is 14.2. The van der Waals surface area contributed by atoms with Gasteiger partial charge in [0.1, 0.15) is 19.3 Å². The van der Waals surface area contributed by atoms with Crippen LogP contribution in [0.2, 0.25) is 0 Å². The standard InChI is InChI=1S/C64H124O17P2/c1-6-9-12-15-17-19-20-26-30-33-38-43-48-62(67)75-54-60(81-64(69)50-45-40-35-31-27-24-22-21-23-25-29-32-37-41-46-57(4)5)56-79-83(72,73)77-52-58(65)51-76-82(70,71)78-55-59(53-74-61(66)47-42-36-14-11-8-3)80-63(68)49-44-39-34-28-18-16-13-10-7-2/h57-60,65H,6-56H2,1-5H3,(H,70,71)(H,72,73)/t58-,59+,60+/m0/s1. The van der Waals surface area contributed by atoms with E-state index in [1.54, 1.807) is 0 Å². The number of carbonyl (C=O) groups is 4. The van der Waals surface area contributed by atoms with Crippen molar-refractivity contribution in [3.05, 3.63) is 0 Å². The Balaban J connectivity index is 5.15. The highest BCUT2D eigenvalue weighted by Crippen LogP contribution is 2.45. The van der Waals surface area contributed by atoms with E-state index in [9.17, 15) is 43.2 Å². The lowest BCUT2D eigenvalue weighted by atomic mass is 10.0. The number of esters is 4. The number of ether oxygens (including phenoxy) is 4. The van der Waals surface area contributed by atoms with Crippen molar-refractivity contribution in [3.63, 3.8) is 0 Å². The van der Waals surface area contributed by atoms with Gasteiger partial charge >= 0.3 is 39.5 Å². The maximum absolute atomic E-state index is 13.0. The average molecular weight is 1230 g/mol. The van der Waals surface area contributed by atoms with Crippen molar-refractivity contribution in [2.24, 2.45) is 5.92 Å². The van der Waals surface area contributed by atoms with Crippen LogP contribution in [-0.2, 0) is 65.4 Å². The van der Waals surface area contributed by atoms with Gasteiger partial charge in [-0.05, 0) is 31.6 Å². The number of aliphatic hydroxyl groups is 1. The Kier molecular flexibility index (Phi) is 56.4. The van der Waals surface area contributed by atoms with Gasteiger partial charge in [-0.3, -0.25) is 37.3 Å². The highest BCUT2D eigenvalue weighted by atomic mass is 31.2. The first-order valence-corrected chi connectivity index (χ1v) is 36.6. The fourth-order valence-corrected chi connectivity index (χ4v) is 11.2. The first-order chi connectivity index (χ1) is 40.0. The molecule has 0 bridgehead atoms. The fourth-order valence-electron chi connectivity index (χ4n) is 9.58. The van der Waals surface area contributed by atoms with Crippen LogP contribution in [0.25, 0.3) is 0 Å². The van der Waals surface area contributed by atoms with Crippen molar-refractivity contribution >= 4 is 39.5 Å². The molecule has 17 nitrogen and oxygen atoms in total. The molecular weight excluding hydrogens is 1100 g/mol. The minimum atomic E-state index is -4.94. The number of phosphoric ester groups is 2. The molecule has 3 N–H and O–H groups in total. The van der Waals surface area contributed by atoms with Crippen molar-refractivity contribution in [3.8, 4) is 0 Å². The van der Waals surface area contributed by atoms with Crippen LogP contribution in [0.3, 0.4) is 0 Å². The molecule has 0 radical (unpaired) electrons. The predicted molar refractivity (Wildman–Crippen MR) is 331 cm³/mol. The second kappa shape index (κ2) is 57.8. The number of rotatable bonds is 64. The zero-order valence-electron chi connectivity index (χ0n) is 53.3. The van der Waals surface area contributed by atoms with Gasteiger partial charge in [-0.25, -0.2) is 9.13 Å². The molecule has 83 heavy (non-hydrogen) atoms. The van der Waals surface area contributed by atoms with Crippen LogP contribution >= 0.6 is 15.6 Å². The Bertz CT molecular complexity index is 1620. The summed E-state index contributed by atoms with van der Waals surface area (Å²) in [6.45, 7) is 7.12. The van der Waals surface area contributed by atoms with Gasteiger partial charge in [-0.15, -0.1) is 0 Å². The number of unbranched alkanes of at least 4 members (excludes halogenated alkanes) is 36. The van der Waals surface area contributed by atoms with Crippen LogP contribution in [0.4, 0.5) is 0 Å². The van der Waals surface area contributed by atoms with E-state index in [1.165, 1.54) is 141 Å². The summed E-state index contributed by atoms with van der Waals surface area (Å²) < 4.78 is 67.8. The lowest BCUT2D eigenvalue weighted by molar-refractivity contribution is -0.161. The summed E-state index contributed by atoms with van der Waals surface area (Å²) in [6, 6.07) is 0. The Hall–Kier alpha value is -1.94. The smallest absolute Gasteiger partial charge is 0.462 e. The van der Waals surface area contributed by atoms with E-state index in [-0.39, 0.29) is 25.7 Å². The third-order valence-corrected chi connectivity index (χ3v) is 16.7. The molecule has 0 rings (SSSR count). The Morgan fingerprint density at radius 1 is 0.325 bits per heavy atom. The summed E-state index contributed by atoms with van der Waals surface area (Å²) >= 11 is 0. The van der Waals surface area contributed by atoms with Crippen LogP contribution in [0.5, 0.6) is 0 Å². The molecule has 5 atom stereocenters. The van der Waals surface area contributed by atoms with Crippen LogP contribution < -0.4 is 0 Å². The minimum Gasteiger partial charge on any atom is -0.462 e. The lowest BCUT2D eigenvalue weighted by Crippen LogP contribution is -2.30. The van der Waals surface area contributed by atoms with E-state index in [1.807, 2.05) is 0 Å². The summed E-state index contributed by atoms with van der Waals surface area (Å²) in [5, 5.41) is 10.5. The second-order valence-electron chi connectivity index (χ2n) is 23.6. The van der Waals surface area contributed by atoms with Crippen LogP contribution in [0, 0.1) is 5.92 Å². The van der Waals surface area contributed by atoms with E-state index >= 15 is 0 Å². The number of aliphatic hydroxyl groups excluding tert-OH is 1. The van der Waals surface area contributed by atoms with Gasteiger partial charge in [0.25, 0.3) is 0 Å². The number of hydrogen-bond donors (Lipinski definition) is 3. The fraction of sp³-hybridized carbons (Fsp3) is 0.938. The Morgan fingerprint density at radius 2 is 0.554 bits per heavy atom. The van der Waals surface area contributed by atoms with Gasteiger partial charge in [0.2, 0.25) is 0 Å². The maximum atomic E-state index is 13.0. The molecule has 0 aromatic carbocycles. The zero-order chi connectivity index (χ0) is 61.3. The Labute approximate surface area is 505 Å². The second-order valence-corrected chi connectivity index (χ2v) is 26.5. The van der Waals surface area contributed by atoms with Gasteiger partial charge in [0.15, 0.2) is 12.2 Å². The average Bonchev–Trinajstić information content (AvgIpc) is 3.47. The number of carbonyl (C=O) groups excluding carboxylic acids is 4. The molecule has 2 unspecified atom stereocenters. The molecule has 492 valence electrons. The first-order valence-electron chi connectivity index (χ1n) is 33.6. The molecule has 0 saturated carbocycles. The van der Waals surface area contributed by atoms with Crippen LogP contribution in [0.15, 0.2) is 0 Å². The molecule has 0 aromatic heterocycles. The molecule has 0 amide bonds. The van der Waals surface area contributed by atoms with E-state index in [2.05, 4.69) is 34.6 Å². The molecular formula is C64H124O17P2. The van der Waals surface area contributed by atoms with E-state index in [0.717, 1.165) is 102 Å². The molecule has 0 saturated heterocycles. The minimum absolute atomic E-state index is 0.105. The third kappa shape index (κ3) is 58.8. The molecule has 0 aliphatic heterocycles. The van der Waals surface area contributed by atoms with Gasteiger partial charge in [0.05, 0.1) is 26.4 Å². The molecule has 0 heterocycles. The van der Waals surface area contributed by atoms with Gasteiger partial charge in [-0.1, -0.05) is 272 Å². The molecule has 0 fully saturated rings. The molecule has 0 spiro atoms. The quantitative estimate of drug-likeness (QED) is 0.0222. The largest absolute Gasteiger partial charge is 0.472 e. The molecule has 0 aliphatic rings. The van der Waals surface area contributed by atoms with Crippen LogP contribution in [0.1, 0.15) is 324 Å². The molecule has 0 aliphatic carbocycles. The topological polar surface area (TPSA) is 237 Å². The highest BCUT2D eigenvalue weighted by Gasteiger charge is 2.30. The van der Waals surface area contributed by atoms with E-state index < -0.39 is 97.5 Å². The zero-order valence-corrected chi connectivity index (χ0v) is 55.1. The summed E-state index contributed by atoms with van der Waals surface area (Å²) in [5.41, 5.74) is 0. The predicted octanol–water partition coefficient (Wildman–Crippen LogP) is 17.8. The van der Waals surface area contributed by atoms with Gasteiger partial charge in [0, 0.05) is 25.7 Å². The van der Waals surface area contributed by atoms with Crippen LogP contribution in [-0.4, -0.2) is 96.7 Å². The summed E-state index contributed by atoms with van der Waals surface area (Å²) in [5.74, 6) is -1.35. The van der Waals surface area contributed by atoms with Gasteiger partial charge < -0.3 is 33.8 Å². The Morgan fingerprint density at radius 3 is 0.819 bits per heavy atom. The van der Waals surface area contributed by atoms with Crippen molar-refractivity contribution in [1.29, 1.82) is 0 Å². The van der Waals surface area contributed by atoms with E-state index in [0.29, 0.717) is 25.7 Å². The number of phosphoric acid groups is 2. The third-order valence-electron chi connectivity index (χ3n) is 14.8. The van der Waals surface area contributed by atoms with Crippen molar-refractivity contribution in [2.45, 2.75) is 342 Å².